The van der Waals surface area contributed by atoms with Gasteiger partial charge in [-0.3, -0.25) is 9.59 Å². The van der Waals surface area contributed by atoms with Crippen molar-refractivity contribution in [1.82, 2.24) is 4.90 Å². The van der Waals surface area contributed by atoms with Crippen LogP contribution in [0.25, 0.3) is 0 Å². The van der Waals surface area contributed by atoms with Crippen LogP contribution in [0, 0.1) is 25.7 Å². The summed E-state index contributed by atoms with van der Waals surface area (Å²) in [6.07, 6.45) is 4.92. The fourth-order valence-electron chi connectivity index (χ4n) is 3.41. The summed E-state index contributed by atoms with van der Waals surface area (Å²) in [5.74, 6) is 0.918. The van der Waals surface area contributed by atoms with Gasteiger partial charge in [-0.25, -0.2) is 0 Å². The number of ketones is 1. The Labute approximate surface area is 132 Å². The molecule has 2 aliphatic rings. The number of hydrogen-bond acceptors (Lipinski definition) is 2. The molecule has 0 atom stereocenters. The smallest absolute Gasteiger partial charge is 0.225 e. The van der Waals surface area contributed by atoms with E-state index in [9.17, 15) is 9.59 Å². The molecule has 1 aromatic rings. The number of likely N-dealkylation sites (tertiary alicyclic amines) is 1. The van der Waals surface area contributed by atoms with Gasteiger partial charge in [0.15, 0.2) is 5.78 Å². The van der Waals surface area contributed by atoms with Crippen LogP contribution in [-0.4, -0.2) is 29.7 Å². The van der Waals surface area contributed by atoms with E-state index in [0.29, 0.717) is 5.91 Å². The second-order valence-corrected chi connectivity index (χ2v) is 6.89. The standard InChI is InChI=1S/C19H25NO2/c1-13-6-7-17(12-14(13)2)18(21)15-8-10-20(11-9-15)19(22)16-4-3-5-16/h6-7,12,15-16H,3-5,8-11H2,1-2H3. The van der Waals surface area contributed by atoms with Crippen molar-refractivity contribution in [2.45, 2.75) is 46.0 Å². The molecule has 0 spiro atoms. The van der Waals surface area contributed by atoms with Crippen molar-refractivity contribution in [3.8, 4) is 0 Å². The molecule has 0 N–H and O–H groups in total. The molecule has 3 nitrogen and oxygen atoms in total. The summed E-state index contributed by atoms with van der Waals surface area (Å²) in [5.41, 5.74) is 3.22. The molecule has 1 heterocycles. The zero-order valence-corrected chi connectivity index (χ0v) is 13.6. The van der Waals surface area contributed by atoms with Crippen LogP contribution < -0.4 is 0 Å². The fourth-order valence-corrected chi connectivity index (χ4v) is 3.41. The van der Waals surface area contributed by atoms with Crippen LogP contribution in [0.5, 0.6) is 0 Å². The maximum atomic E-state index is 12.6. The molecule has 1 amide bonds. The second kappa shape index (κ2) is 6.23. The normalized spacial score (nSPS) is 19.8. The quantitative estimate of drug-likeness (QED) is 0.801. The van der Waals surface area contributed by atoms with E-state index in [1.807, 2.05) is 30.0 Å². The summed E-state index contributed by atoms with van der Waals surface area (Å²) in [6, 6.07) is 5.97. The van der Waals surface area contributed by atoms with Crippen molar-refractivity contribution in [2.24, 2.45) is 11.8 Å². The zero-order chi connectivity index (χ0) is 15.7. The van der Waals surface area contributed by atoms with Gasteiger partial charge in [0.1, 0.15) is 0 Å². The van der Waals surface area contributed by atoms with Crippen molar-refractivity contribution in [3.05, 3.63) is 34.9 Å². The molecule has 1 aliphatic carbocycles. The Morgan fingerprint density at radius 3 is 2.18 bits per heavy atom. The minimum Gasteiger partial charge on any atom is -0.342 e. The van der Waals surface area contributed by atoms with Crippen molar-refractivity contribution in [1.29, 1.82) is 0 Å². The van der Waals surface area contributed by atoms with Crippen LogP contribution in [0.3, 0.4) is 0 Å². The van der Waals surface area contributed by atoms with Crippen molar-refractivity contribution >= 4 is 11.7 Å². The molecule has 0 radical (unpaired) electrons. The molecular weight excluding hydrogens is 274 g/mol. The first-order valence-electron chi connectivity index (χ1n) is 8.46. The maximum absolute atomic E-state index is 12.6. The molecular formula is C19H25NO2. The molecule has 1 saturated carbocycles. The van der Waals surface area contributed by atoms with Gasteiger partial charge in [-0.2, -0.15) is 0 Å². The Balaban J connectivity index is 1.59. The number of piperidine rings is 1. The Morgan fingerprint density at radius 1 is 0.955 bits per heavy atom. The number of rotatable bonds is 3. The van der Waals surface area contributed by atoms with E-state index in [0.717, 1.165) is 44.3 Å². The summed E-state index contributed by atoms with van der Waals surface area (Å²) in [5, 5.41) is 0. The van der Waals surface area contributed by atoms with Gasteiger partial charge in [-0.05, 0) is 56.7 Å². The van der Waals surface area contributed by atoms with Gasteiger partial charge in [0.05, 0.1) is 0 Å². The molecule has 22 heavy (non-hydrogen) atoms. The van der Waals surface area contributed by atoms with E-state index in [2.05, 4.69) is 6.92 Å². The van der Waals surface area contributed by atoms with Crippen LogP contribution in [0.2, 0.25) is 0 Å². The third kappa shape index (κ3) is 2.94. The zero-order valence-electron chi connectivity index (χ0n) is 13.6. The van der Waals surface area contributed by atoms with E-state index >= 15 is 0 Å². The van der Waals surface area contributed by atoms with E-state index in [1.165, 1.54) is 17.5 Å². The molecule has 1 aromatic carbocycles. The highest BCUT2D eigenvalue weighted by molar-refractivity contribution is 5.98. The molecule has 0 unspecified atom stereocenters. The molecule has 0 bridgehead atoms. The lowest BCUT2D eigenvalue weighted by Gasteiger charge is -2.36. The lowest BCUT2D eigenvalue weighted by atomic mass is 9.83. The molecule has 1 aliphatic heterocycles. The lowest BCUT2D eigenvalue weighted by Crippen LogP contribution is -2.44. The molecule has 118 valence electrons. The van der Waals surface area contributed by atoms with E-state index in [4.69, 9.17) is 0 Å². The second-order valence-electron chi connectivity index (χ2n) is 6.89. The average molecular weight is 299 g/mol. The summed E-state index contributed by atoms with van der Waals surface area (Å²) in [6.45, 7) is 5.60. The third-order valence-corrected chi connectivity index (χ3v) is 5.42. The number of hydrogen-bond donors (Lipinski definition) is 0. The number of carbonyl (C=O) groups is 2. The lowest BCUT2D eigenvalue weighted by molar-refractivity contribution is -0.139. The van der Waals surface area contributed by atoms with Gasteiger partial charge in [-0.15, -0.1) is 0 Å². The molecule has 2 fully saturated rings. The van der Waals surface area contributed by atoms with E-state index < -0.39 is 0 Å². The van der Waals surface area contributed by atoms with Crippen molar-refractivity contribution < 1.29 is 9.59 Å². The SMILES string of the molecule is Cc1ccc(C(=O)C2CCN(C(=O)C3CCC3)CC2)cc1C. The fraction of sp³-hybridized carbons (Fsp3) is 0.579. The number of aryl methyl sites for hydroxylation is 2. The predicted octanol–water partition coefficient (Wildman–Crippen LogP) is 3.52. The summed E-state index contributed by atoms with van der Waals surface area (Å²) >= 11 is 0. The van der Waals surface area contributed by atoms with Gasteiger partial charge in [0, 0.05) is 30.5 Å². The number of Topliss-reactive ketones (excluding diaryl/α,β-unsaturated/α-hetero) is 1. The van der Waals surface area contributed by atoms with Gasteiger partial charge in [-0.1, -0.05) is 18.6 Å². The molecule has 3 rings (SSSR count). The minimum atomic E-state index is 0.0764. The van der Waals surface area contributed by atoms with Crippen LogP contribution >= 0.6 is 0 Å². The number of benzene rings is 1. The van der Waals surface area contributed by atoms with E-state index in [-0.39, 0.29) is 17.6 Å². The first-order chi connectivity index (χ1) is 10.6. The largest absolute Gasteiger partial charge is 0.342 e. The van der Waals surface area contributed by atoms with Crippen LogP contribution in [-0.2, 0) is 4.79 Å². The Kier molecular flexibility index (Phi) is 4.32. The van der Waals surface area contributed by atoms with Gasteiger partial charge in [0.2, 0.25) is 5.91 Å². The summed E-state index contributed by atoms with van der Waals surface area (Å²) < 4.78 is 0. The predicted molar refractivity (Wildman–Crippen MR) is 86.9 cm³/mol. The summed E-state index contributed by atoms with van der Waals surface area (Å²) in [4.78, 5) is 26.9. The monoisotopic (exact) mass is 299 g/mol. The Morgan fingerprint density at radius 2 is 1.64 bits per heavy atom. The van der Waals surface area contributed by atoms with Gasteiger partial charge >= 0.3 is 0 Å². The van der Waals surface area contributed by atoms with Gasteiger partial charge in [0.25, 0.3) is 0 Å². The summed E-state index contributed by atoms with van der Waals surface area (Å²) in [7, 11) is 0. The number of amides is 1. The van der Waals surface area contributed by atoms with Crippen LogP contribution in [0.1, 0.15) is 53.6 Å². The van der Waals surface area contributed by atoms with Crippen molar-refractivity contribution in [2.75, 3.05) is 13.1 Å². The average Bonchev–Trinajstić information content (AvgIpc) is 2.48. The third-order valence-electron chi connectivity index (χ3n) is 5.42. The molecule has 0 aromatic heterocycles. The Hall–Kier alpha value is -1.64. The van der Waals surface area contributed by atoms with Crippen LogP contribution in [0.15, 0.2) is 18.2 Å². The molecule has 1 saturated heterocycles. The molecule has 3 heteroatoms. The first-order valence-corrected chi connectivity index (χ1v) is 8.46. The number of carbonyl (C=O) groups excluding carboxylic acids is 2. The van der Waals surface area contributed by atoms with Crippen LogP contribution in [0.4, 0.5) is 0 Å². The topological polar surface area (TPSA) is 37.4 Å². The number of nitrogens with zero attached hydrogens (tertiary/aromatic N) is 1. The van der Waals surface area contributed by atoms with Crippen molar-refractivity contribution in [3.63, 3.8) is 0 Å². The Bertz CT molecular complexity index is 581. The highest BCUT2D eigenvalue weighted by Gasteiger charge is 2.33. The maximum Gasteiger partial charge on any atom is 0.225 e. The van der Waals surface area contributed by atoms with E-state index in [1.54, 1.807) is 0 Å². The highest BCUT2D eigenvalue weighted by atomic mass is 16.2. The highest BCUT2D eigenvalue weighted by Crippen LogP contribution is 2.30. The van der Waals surface area contributed by atoms with Gasteiger partial charge < -0.3 is 4.90 Å². The minimum absolute atomic E-state index is 0.0764. The first kappa shape index (κ1) is 15.3.